The van der Waals surface area contributed by atoms with E-state index in [9.17, 15) is 10.2 Å². The monoisotopic (exact) mass is 642 g/mol. The van der Waals surface area contributed by atoms with Crippen molar-refractivity contribution in [2.75, 3.05) is 0 Å². The topological polar surface area (TPSA) is 92.5 Å². The standard InChI is InChI=1S/C34H28F6N2O4/c1-3-4-5-19-15-21(7-11-27(19)44)31-42-25-17-23(9-13-29(25)46-31)32(33(35,36)37,34(38,39)40)22-8-12-28-24(16-22)41-30(45-28)20-6-10-26(43)18(2)14-20/h6-9,11-17,26,43-44H,3-5,10H2,1-2H3. The Kier molecular flexibility index (Phi) is 7.74. The Labute approximate surface area is 258 Å². The van der Waals surface area contributed by atoms with E-state index in [-0.39, 0.29) is 46.2 Å². The van der Waals surface area contributed by atoms with Gasteiger partial charge in [0.25, 0.3) is 0 Å². The van der Waals surface area contributed by atoms with E-state index in [2.05, 4.69) is 9.97 Å². The van der Waals surface area contributed by atoms with Crippen molar-refractivity contribution in [1.29, 1.82) is 0 Å². The molecule has 5 aromatic rings. The van der Waals surface area contributed by atoms with Gasteiger partial charge in [-0.25, -0.2) is 9.97 Å². The molecule has 0 amide bonds. The van der Waals surface area contributed by atoms with Gasteiger partial charge in [-0.1, -0.05) is 31.6 Å². The van der Waals surface area contributed by atoms with E-state index in [1.54, 1.807) is 25.1 Å². The maximum atomic E-state index is 15.0. The van der Waals surface area contributed by atoms with Crippen LogP contribution in [0.1, 0.15) is 55.7 Å². The first-order valence-corrected chi connectivity index (χ1v) is 14.6. The van der Waals surface area contributed by atoms with Crippen LogP contribution in [-0.4, -0.2) is 38.6 Å². The van der Waals surface area contributed by atoms with Crippen molar-refractivity contribution in [1.82, 2.24) is 9.97 Å². The van der Waals surface area contributed by atoms with Crippen molar-refractivity contribution in [3.63, 3.8) is 0 Å². The van der Waals surface area contributed by atoms with Crippen molar-refractivity contribution < 1.29 is 45.4 Å². The Hall–Kier alpha value is -4.58. The summed E-state index contributed by atoms with van der Waals surface area (Å²) in [6, 6.07) is 9.63. The number of allylic oxidation sites excluding steroid dienone is 2. The Morgan fingerprint density at radius 1 is 0.826 bits per heavy atom. The van der Waals surface area contributed by atoms with Crippen LogP contribution in [-0.2, 0) is 11.8 Å². The van der Waals surface area contributed by atoms with Crippen LogP contribution < -0.4 is 0 Å². The van der Waals surface area contributed by atoms with Crippen LogP contribution in [0.3, 0.4) is 0 Å². The predicted molar refractivity (Wildman–Crippen MR) is 159 cm³/mol. The van der Waals surface area contributed by atoms with E-state index in [4.69, 9.17) is 8.83 Å². The van der Waals surface area contributed by atoms with Crippen LogP contribution in [0, 0.1) is 0 Å². The molecule has 240 valence electrons. The minimum atomic E-state index is -5.83. The first kappa shape index (κ1) is 31.4. The molecular weight excluding hydrogens is 614 g/mol. The van der Waals surface area contributed by atoms with Crippen molar-refractivity contribution in [3.8, 4) is 17.2 Å². The number of aromatic hydroxyl groups is 1. The summed E-state index contributed by atoms with van der Waals surface area (Å²) in [6.07, 6.45) is -6.66. The Morgan fingerprint density at radius 3 is 1.98 bits per heavy atom. The number of hydrogen-bond donors (Lipinski definition) is 2. The highest BCUT2D eigenvalue weighted by Gasteiger charge is 2.72. The van der Waals surface area contributed by atoms with Gasteiger partial charge in [0.05, 0.1) is 6.10 Å². The SMILES string of the molecule is CCCCc1cc(-c2nc3cc(C(c4ccc5oc(C6=CCC(O)C(C)=C6)nc5c4)(C(F)(F)F)C(F)(F)F)ccc3o2)ccc1O. The molecule has 3 aromatic carbocycles. The number of aliphatic hydroxyl groups excluding tert-OH is 1. The van der Waals surface area contributed by atoms with Gasteiger partial charge in [0.1, 0.15) is 16.8 Å². The van der Waals surface area contributed by atoms with Crippen molar-refractivity contribution in [2.45, 2.75) is 63.4 Å². The number of aryl methyl sites for hydroxylation is 1. The minimum Gasteiger partial charge on any atom is -0.508 e. The largest absolute Gasteiger partial charge is 0.508 e. The fourth-order valence-corrected chi connectivity index (χ4v) is 5.81. The van der Waals surface area contributed by atoms with Crippen LogP contribution in [0.2, 0.25) is 0 Å². The lowest BCUT2D eigenvalue weighted by atomic mass is 9.72. The number of halogens is 6. The normalized spacial score (nSPS) is 16.2. The molecule has 1 aliphatic rings. The van der Waals surface area contributed by atoms with Gasteiger partial charge in [0.2, 0.25) is 17.2 Å². The number of aromatic nitrogens is 2. The molecule has 12 heteroatoms. The second-order valence-corrected chi connectivity index (χ2v) is 11.4. The molecule has 0 aliphatic heterocycles. The van der Waals surface area contributed by atoms with E-state index in [1.807, 2.05) is 6.92 Å². The Morgan fingerprint density at radius 2 is 1.41 bits per heavy atom. The molecule has 0 fully saturated rings. The summed E-state index contributed by atoms with van der Waals surface area (Å²) in [7, 11) is 0. The first-order chi connectivity index (χ1) is 21.7. The number of phenolic OH excluding ortho intramolecular Hbond substituents is 1. The van der Waals surface area contributed by atoms with E-state index >= 15 is 26.3 Å². The second-order valence-electron chi connectivity index (χ2n) is 11.4. The number of oxazole rings is 2. The van der Waals surface area contributed by atoms with Crippen molar-refractivity contribution in [3.05, 3.63) is 94.9 Å². The Bertz CT molecular complexity index is 1990. The molecule has 6 rings (SSSR count). The highest BCUT2D eigenvalue weighted by atomic mass is 19.4. The maximum absolute atomic E-state index is 15.0. The number of phenols is 1. The van der Waals surface area contributed by atoms with Gasteiger partial charge in [-0.05, 0) is 97.0 Å². The fraction of sp³-hybridized carbons (Fsp3) is 0.294. The number of fused-ring (bicyclic) bond motifs is 2. The highest BCUT2D eigenvalue weighted by Crippen LogP contribution is 2.57. The summed E-state index contributed by atoms with van der Waals surface area (Å²) < 4.78 is 101. The lowest BCUT2D eigenvalue weighted by Crippen LogP contribution is -2.54. The van der Waals surface area contributed by atoms with Gasteiger partial charge in [0.15, 0.2) is 11.2 Å². The molecule has 0 saturated carbocycles. The summed E-state index contributed by atoms with van der Waals surface area (Å²) in [4.78, 5) is 8.45. The Balaban J connectivity index is 1.47. The van der Waals surface area contributed by atoms with Crippen LogP contribution in [0.15, 0.2) is 81.2 Å². The van der Waals surface area contributed by atoms with E-state index in [1.165, 1.54) is 12.1 Å². The number of alkyl halides is 6. The molecule has 0 saturated heterocycles. The van der Waals surface area contributed by atoms with Crippen LogP contribution in [0.25, 0.3) is 39.2 Å². The third kappa shape index (κ3) is 5.24. The third-order valence-corrected chi connectivity index (χ3v) is 8.33. The van der Waals surface area contributed by atoms with Crippen molar-refractivity contribution >= 4 is 27.8 Å². The lowest BCUT2D eigenvalue weighted by Gasteiger charge is -2.38. The number of benzene rings is 3. The van der Waals surface area contributed by atoms with E-state index in [0.29, 0.717) is 28.7 Å². The average molecular weight is 643 g/mol. The predicted octanol–water partition coefficient (Wildman–Crippen LogP) is 9.19. The van der Waals surface area contributed by atoms with E-state index in [0.717, 1.165) is 49.2 Å². The van der Waals surface area contributed by atoms with Gasteiger partial charge in [-0.15, -0.1) is 0 Å². The zero-order chi connectivity index (χ0) is 33.0. The smallest absolute Gasteiger partial charge is 0.411 e. The second kappa shape index (κ2) is 11.3. The third-order valence-electron chi connectivity index (χ3n) is 8.33. The number of unbranched alkanes of at least 4 members (excludes halogenated alkanes) is 1. The number of aliphatic hydroxyl groups is 1. The molecule has 1 aliphatic carbocycles. The molecule has 1 unspecified atom stereocenters. The number of hydrogen-bond acceptors (Lipinski definition) is 6. The lowest BCUT2D eigenvalue weighted by molar-refractivity contribution is -0.288. The van der Waals surface area contributed by atoms with Gasteiger partial charge in [0, 0.05) is 11.1 Å². The van der Waals surface area contributed by atoms with Crippen LogP contribution >= 0.6 is 0 Å². The van der Waals surface area contributed by atoms with Crippen LogP contribution in [0.4, 0.5) is 26.3 Å². The summed E-state index contributed by atoms with van der Waals surface area (Å²) in [5, 5.41) is 20.1. The average Bonchev–Trinajstić information content (AvgIpc) is 3.61. The molecule has 6 nitrogen and oxygen atoms in total. The molecule has 0 spiro atoms. The highest BCUT2D eigenvalue weighted by molar-refractivity contribution is 5.81. The minimum absolute atomic E-state index is 0.00104. The van der Waals surface area contributed by atoms with Gasteiger partial charge in [-0.2, -0.15) is 26.3 Å². The summed E-state index contributed by atoms with van der Waals surface area (Å²) in [5.74, 6) is 0.0549. The summed E-state index contributed by atoms with van der Waals surface area (Å²) in [6.45, 7) is 3.67. The summed E-state index contributed by atoms with van der Waals surface area (Å²) >= 11 is 0. The zero-order valence-electron chi connectivity index (χ0n) is 24.6. The maximum Gasteiger partial charge on any atom is 0.411 e. The van der Waals surface area contributed by atoms with Gasteiger partial charge in [-0.3, -0.25) is 0 Å². The fourth-order valence-electron chi connectivity index (χ4n) is 5.81. The van der Waals surface area contributed by atoms with Gasteiger partial charge < -0.3 is 19.0 Å². The van der Waals surface area contributed by atoms with Crippen LogP contribution in [0.5, 0.6) is 5.75 Å². The molecule has 46 heavy (non-hydrogen) atoms. The molecular formula is C34H28F6N2O4. The zero-order valence-corrected chi connectivity index (χ0v) is 24.6. The number of rotatable bonds is 7. The molecule has 0 bridgehead atoms. The quantitative estimate of drug-likeness (QED) is 0.172. The van der Waals surface area contributed by atoms with Gasteiger partial charge >= 0.3 is 12.4 Å². The van der Waals surface area contributed by atoms with E-state index < -0.39 is 35.0 Å². The van der Waals surface area contributed by atoms with Crippen molar-refractivity contribution in [2.24, 2.45) is 0 Å². The first-order valence-electron chi connectivity index (χ1n) is 14.6. The molecule has 2 aromatic heterocycles. The summed E-state index contributed by atoms with van der Waals surface area (Å²) in [5.41, 5.74) is -4.95. The molecule has 2 heterocycles. The number of nitrogens with zero attached hydrogens (tertiary/aromatic N) is 2. The molecule has 1 atom stereocenters. The molecule has 0 radical (unpaired) electrons. The molecule has 2 N–H and O–H groups in total.